The zero-order valence-corrected chi connectivity index (χ0v) is 5.59. The molecule has 0 unspecified atom stereocenters. The van der Waals surface area contributed by atoms with Gasteiger partial charge in [-0.1, -0.05) is 0 Å². The van der Waals surface area contributed by atoms with Gasteiger partial charge in [0.1, 0.15) is 0 Å². The Kier molecular flexibility index (Phi) is 2.30. The standard InChI is InChI=1S/3CH3.Pt/h3*1H3;/q;;;+1. The molecule has 1 heteroatoms. The van der Waals surface area contributed by atoms with Crippen LogP contribution in [-0.4, -0.2) is 0 Å². The molecular weight excluding hydrogens is 231 g/mol. The summed E-state index contributed by atoms with van der Waals surface area (Å²) in [6.07, 6.45) is 0. The molecule has 0 fully saturated rings. The molecule has 0 radical (unpaired) electrons. The second-order valence-electron chi connectivity index (χ2n) is 0.949. The summed E-state index contributed by atoms with van der Waals surface area (Å²) in [6.45, 7) is 0. The third-order valence-electron chi connectivity index (χ3n) is 0. The topological polar surface area (TPSA) is 0 Å². The quantitative estimate of drug-likeness (QED) is 0.605. The van der Waals surface area contributed by atoms with Crippen molar-refractivity contribution < 1.29 is 17.3 Å². The summed E-state index contributed by atoms with van der Waals surface area (Å²) in [5.74, 6) is 0. The van der Waals surface area contributed by atoms with E-state index < -0.39 is 0 Å². The molecule has 0 aromatic carbocycles. The Balaban J connectivity index is 2.32. The Morgan fingerprint density at radius 2 is 1.00 bits per heavy atom. The van der Waals surface area contributed by atoms with Crippen molar-refractivity contribution in [1.82, 2.24) is 0 Å². The number of rotatable bonds is 0. The zero-order valence-electron chi connectivity index (χ0n) is 3.32. The van der Waals surface area contributed by atoms with Crippen LogP contribution in [0.2, 0.25) is 15.9 Å². The van der Waals surface area contributed by atoms with Crippen LogP contribution < -0.4 is 0 Å². The van der Waals surface area contributed by atoms with Crippen molar-refractivity contribution in [2.45, 2.75) is 15.9 Å². The number of hydrogen-bond acceptors (Lipinski definition) is 0. The maximum absolute atomic E-state index is 2.32. The van der Waals surface area contributed by atoms with Crippen LogP contribution in [0.4, 0.5) is 0 Å². The summed E-state index contributed by atoms with van der Waals surface area (Å²) in [5.41, 5.74) is 0. The van der Waals surface area contributed by atoms with Gasteiger partial charge < -0.3 is 0 Å². The molecule has 30 valence electrons. The van der Waals surface area contributed by atoms with E-state index in [1.165, 1.54) is 0 Å². The molecule has 0 N–H and O–H groups in total. The molecule has 0 aliphatic rings. The molecular formula is C3H9Pt+. The summed E-state index contributed by atoms with van der Waals surface area (Å²) in [5, 5.41) is 6.97. The van der Waals surface area contributed by atoms with Crippen molar-refractivity contribution in [3.63, 3.8) is 0 Å². The fourth-order valence-corrected chi connectivity index (χ4v) is 0. The predicted octanol–water partition coefficient (Wildman–Crippen LogP) is 1.75. The van der Waals surface area contributed by atoms with Gasteiger partial charge in [-0.25, -0.2) is 0 Å². The van der Waals surface area contributed by atoms with Crippen LogP contribution in [0.15, 0.2) is 0 Å². The first-order valence-electron chi connectivity index (χ1n) is 0.949. The van der Waals surface area contributed by atoms with Gasteiger partial charge in [-0.05, 0) is 0 Å². The van der Waals surface area contributed by atoms with Crippen LogP contribution in [0.1, 0.15) is 0 Å². The van der Waals surface area contributed by atoms with E-state index in [-0.39, 0.29) is 17.3 Å². The maximum atomic E-state index is 2.32. The van der Waals surface area contributed by atoms with Crippen LogP contribution in [0, 0.1) is 0 Å². The first-order valence-corrected chi connectivity index (χ1v) is 7.77. The van der Waals surface area contributed by atoms with Crippen molar-refractivity contribution >= 4 is 0 Å². The third kappa shape index (κ3) is 16.2. The predicted molar refractivity (Wildman–Crippen MR) is 17.6 cm³/mol. The number of hydrogen-bond donors (Lipinski definition) is 0. The monoisotopic (exact) mass is 240 g/mol. The third-order valence-corrected chi connectivity index (χ3v) is 0. The molecule has 0 aliphatic heterocycles. The average Bonchev–Trinajstić information content (AvgIpc) is 0.811. The molecule has 0 saturated heterocycles. The Hall–Kier alpha value is 0.688. The van der Waals surface area contributed by atoms with Gasteiger partial charge in [-0.15, -0.1) is 0 Å². The van der Waals surface area contributed by atoms with Crippen LogP contribution in [0.25, 0.3) is 0 Å². The van der Waals surface area contributed by atoms with E-state index in [2.05, 4.69) is 15.9 Å². The van der Waals surface area contributed by atoms with E-state index >= 15 is 0 Å². The molecule has 0 aromatic rings. The molecule has 0 rings (SSSR count). The Labute approximate surface area is 33.8 Å². The Bertz CT molecular complexity index is 8.00. The van der Waals surface area contributed by atoms with Crippen molar-refractivity contribution in [2.75, 3.05) is 0 Å². The second kappa shape index (κ2) is 1.96. The molecule has 0 aromatic heterocycles. The molecule has 0 atom stereocenters. The van der Waals surface area contributed by atoms with Gasteiger partial charge in [0, 0.05) is 0 Å². The van der Waals surface area contributed by atoms with Crippen LogP contribution in [0.3, 0.4) is 0 Å². The average molecular weight is 240 g/mol. The fraction of sp³-hybridized carbons (Fsp3) is 1.00. The molecule has 0 amide bonds. The molecule has 0 heterocycles. The van der Waals surface area contributed by atoms with Crippen molar-refractivity contribution in [1.29, 1.82) is 0 Å². The van der Waals surface area contributed by atoms with Crippen molar-refractivity contribution in [3.8, 4) is 0 Å². The van der Waals surface area contributed by atoms with Crippen LogP contribution in [0.5, 0.6) is 0 Å². The normalized spacial score (nSPS) is 11.2. The van der Waals surface area contributed by atoms with E-state index in [4.69, 9.17) is 0 Å². The molecule has 0 spiro atoms. The fourth-order valence-electron chi connectivity index (χ4n) is 0. The molecule has 0 nitrogen and oxygen atoms in total. The van der Waals surface area contributed by atoms with Crippen molar-refractivity contribution in [2.24, 2.45) is 0 Å². The van der Waals surface area contributed by atoms with Crippen molar-refractivity contribution in [3.05, 3.63) is 0 Å². The van der Waals surface area contributed by atoms with E-state index in [1.54, 1.807) is 0 Å². The van der Waals surface area contributed by atoms with Crippen LogP contribution >= 0.6 is 0 Å². The minimum absolute atomic E-state index is 0.269. The van der Waals surface area contributed by atoms with Gasteiger partial charge in [0.15, 0.2) is 0 Å². The SMILES string of the molecule is [CH3][Pt+]([CH3])[CH3]. The first-order chi connectivity index (χ1) is 1.73. The molecule has 0 saturated carbocycles. The summed E-state index contributed by atoms with van der Waals surface area (Å²) < 4.78 is 0. The second-order valence-corrected chi connectivity index (χ2v) is 7.77. The molecule has 0 bridgehead atoms. The zero-order chi connectivity index (χ0) is 3.58. The van der Waals surface area contributed by atoms with Crippen LogP contribution in [-0.2, 0) is 17.3 Å². The summed E-state index contributed by atoms with van der Waals surface area (Å²) in [4.78, 5) is 0. The Morgan fingerprint density at radius 3 is 1.00 bits per heavy atom. The van der Waals surface area contributed by atoms with E-state index in [0.29, 0.717) is 0 Å². The van der Waals surface area contributed by atoms with Gasteiger partial charge in [0.25, 0.3) is 0 Å². The van der Waals surface area contributed by atoms with Gasteiger partial charge >= 0.3 is 33.3 Å². The summed E-state index contributed by atoms with van der Waals surface area (Å²) in [6, 6.07) is 0. The van der Waals surface area contributed by atoms with Gasteiger partial charge in [0.05, 0.1) is 0 Å². The van der Waals surface area contributed by atoms with Gasteiger partial charge in [-0.2, -0.15) is 0 Å². The van der Waals surface area contributed by atoms with Gasteiger partial charge in [-0.3, -0.25) is 0 Å². The summed E-state index contributed by atoms with van der Waals surface area (Å²) >= 11 is -0.269. The van der Waals surface area contributed by atoms with E-state index in [0.717, 1.165) is 0 Å². The van der Waals surface area contributed by atoms with Gasteiger partial charge in [0.2, 0.25) is 0 Å². The molecule has 0 aliphatic carbocycles. The molecule has 4 heavy (non-hydrogen) atoms. The minimum atomic E-state index is -0.269. The Morgan fingerprint density at radius 1 is 1.00 bits per heavy atom. The first kappa shape index (κ1) is 4.69. The summed E-state index contributed by atoms with van der Waals surface area (Å²) in [7, 11) is 0. The van der Waals surface area contributed by atoms with E-state index in [1.807, 2.05) is 0 Å². The van der Waals surface area contributed by atoms with E-state index in [9.17, 15) is 0 Å².